The van der Waals surface area contributed by atoms with Crippen LogP contribution in [0.15, 0.2) is 17.7 Å². The van der Waals surface area contributed by atoms with Gasteiger partial charge in [0.1, 0.15) is 35.4 Å². The first-order valence-corrected chi connectivity index (χ1v) is 9.43. The smallest absolute Gasteiger partial charge is 0.166 e. The first kappa shape index (κ1) is 17.6. The molecule has 8 heteroatoms. The van der Waals surface area contributed by atoms with Crippen LogP contribution >= 0.6 is 11.8 Å². The quantitative estimate of drug-likeness (QED) is 0.446. The number of hydrogen-bond donors (Lipinski definition) is 1. The van der Waals surface area contributed by atoms with E-state index in [9.17, 15) is 4.39 Å². The summed E-state index contributed by atoms with van der Waals surface area (Å²) in [4.78, 5) is 13.0. The molecule has 24 heavy (non-hydrogen) atoms. The molecule has 1 unspecified atom stereocenters. The Hall–Kier alpha value is -1.25. The lowest BCUT2D eigenvalue weighted by Crippen LogP contribution is -2.21. The Morgan fingerprint density at radius 2 is 2.21 bits per heavy atom. The molecule has 1 N–H and O–H groups in total. The first-order valence-electron chi connectivity index (χ1n) is 8.45. The number of halogens is 1. The van der Waals surface area contributed by atoms with Crippen molar-refractivity contribution >= 4 is 22.9 Å². The van der Waals surface area contributed by atoms with Gasteiger partial charge in [0.2, 0.25) is 0 Å². The molecule has 0 bridgehead atoms. The summed E-state index contributed by atoms with van der Waals surface area (Å²) in [6.07, 6.45) is 5.74. The minimum Gasteiger partial charge on any atom is -0.394 e. The van der Waals surface area contributed by atoms with Crippen LogP contribution in [0, 0.1) is 0 Å². The number of aromatic nitrogens is 4. The number of aliphatic hydroxyl groups is 1. The molecule has 1 aliphatic rings. The second-order valence-corrected chi connectivity index (χ2v) is 7.06. The van der Waals surface area contributed by atoms with Gasteiger partial charge < -0.3 is 9.84 Å². The topological polar surface area (TPSA) is 73.1 Å². The molecule has 6 nitrogen and oxygen atoms in total. The highest BCUT2D eigenvalue weighted by Gasteiger charge is 2.36. The number of unbranched alkanes of at least 4 members (excludes halogenated alkanes) is 3. The Kier molecular flexibility index (Phi) is 6.02. The van der Waals surface area contributed by atoms with Crippen molar-refractivity contribution in [3.8, 4) is 0 Å². The lowest BCUT2D eigenvalue weighted by molar-refractivity contribution is -0.0323. The van der Waals surface area contributed by atoms with Crippen LogP contribution < -0.4 is 0 Å². The molecule has 0 amide bonds. The van der Waals surface area contributed by atoms with Crippen LogP contribution in [0.1, 0.15) is 45.3 Å². The number of ether oxygens (including phenoxy) is 1. The van der Waals surface area contributed by atoms with Gasteiger partial charge in [0, 0.05) is 6.42 Å². The monoisotopic (exact) mass is 354 g/mol. The Morgan fingerprint density at radius 3 is 2.96 bits per heavy atom. The number of fused-ring (bicyclic) bond motifs is 1. The molecule has 1 saturated heterocycles. The van der Waals surface area contributed by atoms with Gasteiger partial charge in [-0.2, -0.15) is 0 Å². The van der Waals surface area contributed by atoms with Crippen molar-refractivity contribution in [2.75, 3.05) is 12.4 Å². The van der Waals surface area contributed by atoms with Crippen LogP contribution in [0.25, 0.3) is 11.2 Å². The van der Waals surface area contributed by atoms with Gasteiger partial charge in [-0.15, -0.1) is 11.8 Å². The SMILES string of the molecule is CCCCCCSc1ncnc2c1ncn2C1C[C@H](F)[C@@H](CO)O1. The van der Waals surface area contributed by atoms with Crippen molar-refractivity contribution in [1.29, 1.82) is 0 Å². The standard InChI is InChI=1S/C16H23FN4O2S/c1-2-3-4-5-6-24-16-14-15(18-9-19-16)21(10-20-14)13-7-11(17)12(8-22)23-13/h9-13,22H,2-8H2,1H3/t11-,12+,13?/m0/s1. The number of rotatable bonds is 8. The van der Waals surface area contributed by atoms with Crippen LogP contribution in [0.2, 0.25) is 0 Å². The van der Waals surface area contributed by atoms with E-state index in [-0.39, 0.29) is 13.0 Å². The van der Waals surface area contributed by atoms with Gasteiger partial charge in [-0.05, 0) is 12.2 Å². The van der Waals surface area contributed by atoms with E-state index in [0.717, 1.165) is 22.7 Å². The molecular weight excluding hydrogens is 331 g/mol. The molecule has 0 radical (unpaired) electrons. The van der Waals surface area contributed by atoms with E-state index in [1.807, 2.05) is 0 Å². The Morgan fingerprint density at radius 1 is 1.33 bits per heavy atom. The zero-order valence-corrected chi connectivity index (χ0v) is 14.6. The van der Waals surface area contributed by atoms with Crippen LogP contribution in [-0.2, 0) is 4.74 Å². The third-order valence-corrected chi connectivity index (χ3v) is 5.28. The van der Waals surface area contributed by atoms with E-state index in [4.69, 9.17) is 9.84 Å². The van der Waals surface area contributed by atoms with Gasteiger partial charge in [-0.3, -0.25) is 4.57 Å². The van der Waals surface area contributed by atoms with Crippen LogP contribution in [0.4, 0.5) is 4.39 Å². The second-order valence-electron chi connectivity index (χ2n) is 5.98. The fraction of sp³-hybridized carbons (Fsp3) is 0.688. The molecule has 0 aliphatic carbocycles. The third kappa shape index (κ3) is 3.70. The summed E-state index contributed by atoms with van der Waals surface area (Å²) in [5, 5.41) is 10.00. The molecule has 0 aromatic carbocycles. The lowest BCUT2D eigenvalue weighted by atomic mass is 10.2. The fourth-order valence-electron chi connectivity index (χ4n) is 2.87. The second kappa shape index (κ2) is 8.22. The fourth-order valence-corrected chi connectivity index (χ4v) is 3.81. The molecular formula is C16H23FN4O2S. The molecule has 132 valence electrons. The molecule has 0 spiro atoms. The van der Waals surface area contributed by atoms with E-state index in [0.29, 0.717) is 5.65 Å². The predicted molar refractivity (Wildman–Crippen MR) is 90.7 cm³/mol. The number of hydrogen-bond acceptors (Lipinski definition) is 6. The zero-order chi connectivity index (χ0) is 16.9. The molecule has 2 aromatic heterocycles. The number of thioether (sulfide) groups is 1. The Bertz CT molecular complexity index is 669. The lowest BCUT2D eigenvalue weighted by Gasteiger charge is -2.13. The minimum absolute atomic E-state index is 0.195. The van der Waals surface area contributed by atoms with Crippen molar-refractivity contribution in [2.45, 2.75) is 62.6 Å². The maximum absolute atomic E-state index is 13.8. The third-order valence-electron chi connectivity index (χ3n) is 4.21. The summed E-state index contributed by atoms with van der Waals surface area (Å²) in [6.45, 7) is 1.88. The summed E-state index contributed by atoms with van der Waals surface area (Å²) in [7, 11) is 0. The summed E-state index contributed by atoms with van der Waals surface area (Å²) in [6, 6.07) is 0. The van der Waals surface area contributed by atoms with Gasteiger partial charge in [0.25, 0.3) is 0 Å². The average molecular weight is 354 g/mol. The molecule has 1 aliphatic heterocycles. The summed E-state index contributed by atoms with van der Waals surface area (Å²) in [5.41, 5.74) is 1.38. The summed E-state index contributed by atoms with van der Waals surface area (Å²) < 4.78 is 21.1. The van der Waals surface area contributed by atoms with Crippen LogP contribution in [-0.4, -0.2) is 49.3 Å². The molecule has 3 heterocycles. The van der Waals surface area contributed by atoms with Crippen molar-refractivity contribution in [2.24, 2.45) is 0 Å². The van der Waals surface area contributed by atoms with Gasteiger partial charge in [-0.25, -0.2) is 19.3 Å². The van der Waals surface area contributed by atoms with Crippen molar-refractivity contribution < 1.29 is 14.2 Å². The maximum atomic E-state index is 13.8. The van der Waals surface area contributed by atoms with Gasteiger partial charge in [0.05, 0.1) is 12.9 Å². The number of alkyl halides is 1. The van der Waals surface area contributed by atoms with E-state index in [1.165, 1.54) is 25.6 Å². The normalized spacial score (nSPS) is 24.0. The summed E-state index contributed by atoms with van der Waals surface area (Å²) >= 11 is 1.68. The minimum atomic E-state index is -1.17. The molecule has 2 aromatic rings. The Labute approximate surface area is 144 Å². The molecule has 0 saturated carbocycles. The van der Waals surface area contributed by atoms with E-state index < -0.39 is 18.5 Å². The average Bonchev–Trinajstić information content (AvgIpc) is 3.18. The van der Waals surface area contributed by atoms with Crippen molar-refractivity contribution in [3.63, 3.8) is 0 Å². The van der Waals surface area contributed by atoms with Crippen LogP contribution in [0.3, 0.4) is 0 Å². The Balaban J connectivity index is 1.72. The molecule has 3 atom stereocenters. The van der Waals surface area contributed by atoms with Gasteiger partial charge in [0.15, 0.2) is 5.65 Å². The number of imidazole rings is 1. The largest absolute Gasteiger partial charge is 0.394 e. The molecule has 1 fully saturated rings. The van der Waals surface area contributed by atoms with Gasteiger partial charge >= 0.3 is 0 Å². The number of nitrogens with zero attached hydrogens (tertiary/aromatic N) is 4. The number of aliphatic hydroxyl groups excluding tert-OH is 1. The van der Waals surface area contributed by atoms with E-state index in [1.54, 1.807) is 22.7 Å². The highest BCUT2D eigenvalue weighted by molar-refractivity contribution is 7.99. The molecule has 3 rings (SSSR count). The predicted octanol–water partition coefficient (Wildman–Crippen LogP) is 3.12. The van der Waals surface area contributed by atoms with E-state index in [2.05, 4.69) is 21.9 Å². The van der Waals surface area contributed by atoms with Crippen molar-refractivity contribution in [1.82, 2.24) is 19.5 Å². The first-order chi connectivity index (χ1) is 11.7. The van der Waals surface area contributed by atoms with Crippen LogP contribution in [0.5, 0.6) is 0 Å². The maximum Gasteiger partial charge on any atom is 0.166 e. The highest BCUT2D eigenvalue weighted by Crippen LogP contribution is 2.33. The van der Waals surface area contributed by atoms with Gasteiger partial charge in [-0.1, -0.05) is 26.2 Å². The summed E-state index contributed by atoms with van der Waals surface area (Å²) in [5.74, 6) is 0.998. The van der Waals surface area contributed by atoms with Crippen molar-refractivity contribution in [3.05, 3.63) is 12.7 Å². The highest BCUT2D eigenvalue weighted by atomic mass is 32.2. The zero-order valence-electron chi connectivity index (χ0n) is 13.8. The van der Waals surface area contributed by atoms with E-state index >= 15 is 0 Å².